The summed E-state index contributed by atoms with van der Waals surface area (Å²) in [5.41, 5.74) is 4.33. The van der Waals surface area contributed by atoms with Crippen molar-refractivity contribution in [3.05, 3.63) is 102 Å². The molecule has 4 aromatic heterocycles. The maximum Gasteiger partial charge on any atom is 2.00 e. The molecule has 0 aliphatic heterocycles. The SMILES string of the molecule is FC(F)(F)c1cc[c-]c(-n2cccn2)c1.[Pt+2].[c-]1cccc2c1c1nc3ncsc3n1c1ccccc21. The molecule has 0 aliphatic carbocycles. The van der Waals surface area contributed by atoms with Gasteiger partial charge in [-0.05, 0) is 23.2 Å². The number of nitrogens with zero attached hydrogens (tertiary/aromatic N) is 5. The number of rotatable bonds is 1. The summed E-state index contributed by atoms with van der Waals surface area (Å²) >= 11 is 1.62. The Morgan fingerprint density at radius 2 is 1.75 bits per heavy atom. The second-order valence-electron chi connectivity index (χ2n) is 7.64. The number of thiazole rings is 1. The zero-order valence-electron chi connectivity index (χ0n) is 18.2. The zero-order chi connectivity index (χ0) is 24.0. The average molecular weight is 681 g/mol. The van der Waals surface area contributed by atoms with Gasteiger partial charge in [0.1, 0.15) is 4.83 Å². The predicted octanol–water partition coefficient (Wildman–Crippen LogP) is 6.74. The summed E-state index contributed by atoms with van der Waals surface area (Å²) in [6, 6.07) is 25.4. The number of hydrogen-bond donors (Lipinski definition) is 0. The summed E-state index contributed by atoms with van der Waals surface area (Å²) in [4.78, 5) is 10.1. The Hall–Kier alpha value is -3.55. The first-order valence-corrected chi connectivity index (χ1v) is 11.4. The molecule has 0 aliphatic rings. The van der Waals surface area contributed by atoms with Crippen molar-refractivity contribution in [2.75, 3.05) is 0 Å². The van der Waals surface area contributed by atoms with Crippen LogP contribution in [0.15, 0.2) is 84.6 Å². The van der Waals surface area contributed by atoms with Gasteiger partial charge in [-0.15, -0.1) is 47.1 Å². The normalized spacial score (nSPS) is 11.5. The van der Waals surface area contributed by atoms with Crippen LogP contribution in [0.1, 0.15) is 5.56 Å². The van der Waals surface area contributed by atoms with Crippen LogP contribution in [0.25, 0.3) is 43.5 Å². The number of aromatic nitrogens is 5. The van der Waals surface area contributed by atoms with E-state index in [2.05, 4.69) is 61.9 Å². The predicted molar refractivity (Wildman–Crippen MR) is 130 cm³/mol. The Morgan fingerprint density at radius 3 is 2.56 bits per heavy atom. The van der Waals surface area contributed by atoms with E-state index in [0.29, 0.717) is 0 Å². The second kappa shape index (κ2) is 9.48. The van der Waals surface area contributed by atoms with Crippen molar-refractivity contribution in [2.45, 2.75) is 6.18 Å². The minimum Gasteiger partial charge on any atom is -0.323 e. The van der Waals surface area contributed by atoms with Gasteiger partial charge in [-0.2, -0.15) is 36.5 Å². The van der Waals surface area contributed by atoms with Crippen molar-refractivity contribution < 1.29 is 34.2 Å². The zero-order valence-corrected chi connectivity index (χ0v) is 21.3. The summed E-state index contributed by atoms with van der Waals surface area (Å²) in [6.07, 6.45) is -1.28. The first kappa shape index (κ1) is 24.2. The fourth-order valence-electron chi connectivity index (χ4n) is 4.02. The molecule has 36 heavy (non-hydrogen) atoms. The van der Waals surface area contributed by atoms with Crippen LogP contribution in [0.3, 0.4) is 0 Å². The van der Waals surface area contributed by atoms with Crippen LogP contribution in [0, 0.1) is 12.1 Å². The van der Waals surface area contributed by atoms with Gasteiger partial charge in [0.2, 0.25) is 0 Å². The molecule has 7 aromatic rings. The summed E-state index contributed by atoms with van der Waals surface area (Å²) < 4.78 is 40.6. The van der Waals surface area contributed by atoms with E-state index in [1.54, 1.807) is 23.6 Å². The van der Waals surface area contributed by atoms with Crippen LogP contribution in [-0.2, 0) is 27.2 Å². The van der Waals surface area contributed by atoms with Crippen LogP contribution >= 0.6 is 11.3 Å². The molecule has 3 aromatic carbocycles. The number of alkyl halides is 3. The third-order valence-electron chi connectivity index (χ3n) is 5.54. The molecule has 0 fully saturated rings. The Morgan fingerprint density at radius 1 is 0.917 bits per heavy atom. The van der Waals surface area contributed by atoms with Gasteiger partial charge in [0, 0.05) is 17.9 Å². The second-order valence-corrected chi connectivity index (χ2v) is 8.47. The largest absolute Gasteiger partial charge is 2.00 e. The molecule has 0 N–H and O–H groups in total. The van der Waals surface area contributed by atoms with Crippen molar-refractivity contribution in [3.63, 3.8) is 0 Å². The van der Waals surface area contributed by atoms with Crippen LogP contribution in [0.2, 0.25) is 0 Å². The van der Waals surface area contributed by atoms with Gasteiger partial charge >= 0.3 is 27.2 Å². The van der Waals surface area contributed by atoms with E-state index in [1.807, 2.05) is 17.6 Å². The molecule has 0 saturated heterocycles. The van der Waals surface area contributed by atoms with E-state index >= 15 is 0 Å². The number of fused-ring (bicyclic) bond motifs is 8. The molecule has 0 saturated carbocycles. The number of hydrogen-bond acceptors (Lipinski definition) is 4. The third kappa shape index (κ3) is 4.18. The van der Waals surface area contributed by atoms with E-state index < -0.39 is 11.7 Å². The first-order valence-electron chi connectivity index (χ1n) is 10.5. The first-order chi connectivity index (χ1) is 17.0. The molecule has 7 rings (SSSR count). The molecule has 0 bridgehead atoms. The topological polar surface area (TPSA) is 48.0 Å². The van der Waals surface area contributed by atoms with Crippen molar-refractivity contribution in [2.24, 2.45) is 0 Å². The quantitative estimate of drug-likeness (QED) is 0.143. The maximum absolute atomic E-state index is 12.4. The molecular formula is C26H14F3N5PtS. The number of imidazole rings is 1. The van der Waals surface area contributed by atoms with Crippen LogP contribution in [0.4, 0.5) is 13.2 Å². The van der Waals surface area contributed by atoms with Crippen molar-refractivity contribution in [1.82, 2.24) is 24.1 Å². The van der Waals surface area contributed by atoms with Crippen molar-refractivity contribution >= 4 is 49.1 Å². The van der Waals surface area contributed by atoms with E-state index in [1.165, 1.54) is 33.2 Å². The minimum atomic E-state index is -4.34. The Balaban J connectivity index is 0.000000151. The maximum atomic E-state index is 12.4. The molecule has 0 radical (unpaired) electrons. The van der Waals surface area contributed by atoms with Crippen LogP contribution in [0.5, 0.6) is 0 Å². The van der Waals surface area contributed by atoms with Gasteiger partial charge in [-0.3, -0.25) is 9.67 Å². The van der Waals surface area contributed by atoms with Crippen LogP contribution < -0.4 is 0 Å². The minimum absolute atomic E-state index is 0. The molecule has 0 spiro atoms. The molecule has 4 heterocycles. The number of benzene rings is 3. The summed E-state index contributed by atoms with van der Waals surface area (Å²) in [5.74, 6) is 0. The van der Waals surface area contributed by atoms with Gasteiger partial charge in [0.25, 0.3) is 0 Å². The Kier molecular flexibility index (Phi) is 6.36. The monoisotopic (exact) mass is 680 g/mol. The van der Waals surface area contributed by atoms with Gasteiger partial charge in [0.15, 0.2) is 5.65 Å². The number of pyridine rings is 1. The molecule has 0 atom stereocenters. The van der Waals surface area contributed by atoms with Gasteiger partial charge in [-0.1, -0.05) is 29.1 Å². The van der Waals surface area contributed by atoms with E-state index in [9.17, 15) is 13.2 Å². The average Bonchev–Trinajstić information content (AvgIpc) is 3.62. The molecule has 0 amide bonds. The number of para-hydroxylation sites is 1. The summed E-state index contributed by atoms with van der Waals surface area (Å²) in [7, 11) is 0. The van der Waals surface area contributed by atoms with Crippen molar-refractivity contribution in [3.8, 4) is 5.69 Å². The smallest absolute Gasteiger partial charge is 0.323 e. The third-order valence-corrected chi connectivity index (χ3v) is 6.34. The van der Waals surface area contributed by atoms with E-state index in [-0.39, 0.29) is 26.8 Å². The van der Waals surface area contributed by atoms with Gasteiger partial charge in [0.05, 0.1) is 11.2 Å². The standard InChI is InChI=1S/C16H8N3S.C10H6F3N2.Pt/c1-2-7-12-10(5-1)11-6-3-4-8-13(11)19-15(12)18-14-16(19)20-9-17-14;11-10(12,13)8-3-1-4-9(7-8)15-6-2-5-14-15;/h1-6,8-9H;1-3,5-7H;/q2*-1;+2. The number of halogens is 3. The van der Waals surface area contributed by atoms with E-state index in [4.69, 9.17) is 0 Å². The van der Waals surface area contributed by atoms with Gasteiger partial charge < -0.3 is 4.40 Å². The summed E-state index contributed by atoms with van der Waals surface area (Å²) in [6.45, 7) is 0. The Labute approximate surface area is 221 Å². The van der Waals surface area contributed by atoms with E-state index in [0.717, 1.165) is 33.6 Å². The molecular weight excluding hydrogens is 666 g/mol. The van der Waals surface area contributed by atoms with Gasteiger partial charge in [-0.25, -0.2) is 4.98 Å². The summed E-state index contributed by atoms with van der Waals surface area (Å²) in [5, 5.41) is 7.29. The molecule has 0 unspecified atom stereocenters. The molecule has 5 nitrogen and oxygen atoms in total. The van der Waals surface area contributed by atoms with Crippen molar-refractivity contribution in [1.29, 1.82) is 0 Å². The fraction of sp³-hybridized carbons (Fsp3) is 0.0385. The van der Waals surface area contributed by atoms with Crippen LogP contribution in [-0.4, -0.2) is 24.1 Å². The Bertz CT molecular complexity index is 1770. The molecule has 180 valence electrons. The molecule has 10 heteroatoms. The fourth-order valence-corrected chi connectivity index (χ4v) is 4.76.